The van der Waals surface area contributed by atoms with Gasteiger partial charge in [0, 0.05) is 18.4 Å². The van der Waals surface area contributed by atoms with Crippen LogP contribution in [0.4, 0.5) is 37.7 Å². The lowest BCUT2D eigenvalue weighted by atomic mass is 10.2. The third-order valence-electron chi connectivity index (χ3n) is 3.64. The van der Waals surface area contributed by atoms with Gasteiger partial charge in [0.15, 0.2) is 5.96 Å². The highest BCUT2D eigenvalue weighted by molar-refractivity contribution is 5.94. The second-order valence-electron chi connectivity index (χ2n) is 5.53. The third-order valence-corrected chi connectivity index (χ3v) is 3.64. The lowest BCUT2D eigenvalue weighted by Gasteiger charge is -2.19. The van der Waals surface area contributed by atoms with Crippen LogP contribution in [0.2, 0.25) is 0 Å². The van der Waals surface area contributed by atoms with Gasteiger partial charge in [0.2, 0.25) is 0 Å². The van der Waals surface area contributed by atoms with Crippen molar-refractivity contribution < 1.29 is 26.3 Å². The number of benzene rings is 2. The molecule has 4 nitrogen and oxygen atoms in total. The molecule has 2 aromatic rings. The molecule has 10 heteroatoms. The smallest absolute Gasteiger partial charge is 0.369 e. The molecule has 0 unspecified atom stereocenters. The van der Waals surface area contributed by atoms with Crippen molar-refractivity contribution in [1.29, 1.82) is 0 Å². The topological polar surface area (TPSA) is 53.6 Å². The Labute approximate surface area is 151 Å². The summed E-state index contributed by atoms with van der Waals surface area (Å²) in [6.07, 6.45) is -8.90. The minimum absolute atomic E-state index is 0.0614. The summed E-state index contributed by atoms with van der Waals surface area (Å²) >= 11 is 0. The normalized spacial score (nSPS) is 12.8. The van der Waals surface area contributed by atoms with Crippen LogP contribution in [-0.2, 0) is 12.4 Å². The van der Waals surface area contributed by atoms with Gasteiger partial charge in [0.1, 0.15) is 6.67 Å². The average Bonchev–Trinajstić information content (AvgIpc) is 2.60. The number of nitrogens with two attached hydrogens (primary N) is 1. The van der Waals surface area contributed by atoms with Crippen LogP contribution in [0.15, 0.2) is 53.5 Å². The van der Waals surface area contributed by atoms with Crippen molar-refractivity contribution in [2.24, 2.45) is 10.7 Å². The largest absolute Gasteiger partial charge is 0.416 e. The quantitative estimate of drug-likeness (QED) is 0.458. The van der Waals surface area contributed by atoms with Gasteiger partial charge < -0.3 is 16.0 Å². The second-order valence-corrected chi connectivity index (χ2v) is 5.53. The maximum Gasteiger partial charge on any atom is 0.416 e. The third kappa shape index (κ3) is 5.53. The molecule has 0 aliphatic heterocycles. The SMILES string of the molecule is CN(C(N)=NCNc1ccc(C(F)(F)F)cc1)c1cccc(C(F)(F)F)c1. The lowest BCUT2D eigenvalue weighted by molar-refractivity contribution is -0.138. The van der Waals surface area contributed by atoms with Crippen LogP contribution in [-0.4, -0.2) is 19.7 Å². The van der Waals surface area contributed by atoms with Gasteiger partial charge in [-0.3, -0.25) is 0 Å². The van der Waals surface area contributed by atoms with Crippen molar-refractivity contribution in [2.75, 3.05) is 23.9 Å². The number of alkyl halides is 6. The average molecular weight is 390 g/mol. The molecule has 0 saturated heterocycles. The van der Waals surface area contributed by atoms with Gasteiger partial charge in [-0.15, -0.1) is 0 Å². The van der Waals surface area contributed by atoms with Crippen molar-refractivity contribution in [3.8, 4) is 0 Å². The van der Waals surface area contributed by atoms with Crippen molar-refractivity contribution in [3.63, 3.8) is 0 Å². The maximum atomic E-state index is 12.8. The molecule has 0 spiro atoms. The predicted molar refractivity (Wildman–Crippen MR) is 91.4 cm³/mol. The molecular formula is C17H16F6N4. The molecule has 27 heavy (non-hydrogen) atoms. The van der Waals surface area contributed by atoms with Crippen molar-refractivity contribution in [2.45, 2.75) is 12.4 Å². The first-order chi connectivity index (χ1) is 12.5. The van der Waals surface area contributed by atoms with E-state index in [9.17, 15) is 26.3 Å². The van der Waals surface area contributed by atoms with Crippen LogP contribution >= 0.6 is 0 Å². The van der Waals surface area contributed by atoms with Crippen LogP contribution < -0.4 is 16.0 Å². The monoisotopic (exact) mass is 390 g/mol. The first-order valence-electron chi connectivity index (χ1n) is 7.60. The van der Waals surface area contributed by atoms with E-state index in [2.05, 4.69) is 10.3 Å². The van der Waals surface area contributed by atoms with Crippen LogP contribution in [0.1, 0.15) is 11.1 Å². The number of hydrogen-bond donors (Lipinski definition) is 2. The lowest BCUT2D eigenvalue weighted by Crippen LogP contribution is -2.34. The van der Waals surface area contributed by atoms with E-state index in [1.165, 1.54) is 36.2 Å². The summed E-state index contributed by atoms with van der Waals surface area (Å²) in [4.78, 5) is 5.23. The molecule has 0 bridgehead atoms. The number of aliphatic imine (C=N–C) groups is 1. The zero-order chi connectivity index (χ0) is 20.2. The summed E-state index contributed by atoms with van der Waals surface area (Å²) < 4.78 is 75.8. The van der Waals surface area contributed by atoms with Crippen LogP contribution in [0, 0.1) is 0 Å². The number of nitrogens with zero attached hydrogens (tertiary/aromatic N) is 2. The predicted octanol–water partition coefficient (Wildman–Crippen LogP) is 4.54. The minimum Gasteiger partial charge on any atom is -0.369 e. The summed E-state index contributed by atoms with van der Waals surface area (Å²) in [6.45, 7) is -0.0689. The Bertz CT molecular complexity index is 796. The summed E-state index contributed by atoms with van der Waals surface area (Å²) in [7, 11) is 1.45. The van der Waals surface area contributed by atoms with E-state index in [1.54, 1.807) is 0 Å². The standard InChI is InChI=1S/C17H16F6N4/c1-27(14-4-2-3-12(9-14)17(21,22)23)15(24)26-10-25-13-7-5-11(6-8-13)16(18,19)20/h2-9,25H,10H2,1H3,(H2,24,26). The van der Waals surface area contributed by atoms with Gasteiger partial charge in [-0.05, 0) is 42.5 Å². The highest BCUT2D eigenvalue weighted by atomic mass is 19.4. The molecule has 0 fully saturated rings. The zero-order valence-electron chi connectivity index (χ0n) is 14.1. The van der Waals surface area contributed by atoms with Crippen LogP contribution in [0.3, 0.4) is 0 Å². The number of hydrogen-bond acceptors (Lipinski definition) is 2. The zero-order valence-corrected chi connectivity index (χ0v) is 14.1. The molecule has 0 aliphatic carbocycles. The summed E-state index contributed by atoms with van der Waals surface area (Å²) in [5.41, 5.74) is 4.75. The van der Waals surface area contributed by atoms with Gasteiger partial charge >= 0.3 is 12.4 Å². The Balaban J connectivity index is 2.01. The molecule has 0 aromatic heterocycles. The van der Waals surface area contributed by atoms with Gasteiger partial charge in [-0.1, -0.05) is 6.07 Å². The molecule has 0 radical (unpaired) electrons. The Morgan fingerprint density at radius 2 is 1.56 bits per heavy atom. The number of guanidine groups is 1. The first-order valence-corrected chi connectivity index (χ1v) is 7.60. The highest BCUT2D eigenvalue weighted by Crippen LogP contribution is 2.31. The first kappa shape index (κ1) is 20.4. The maximum absolute atomic E-state index is 12.8. The Kier molecular flexibility index (Phi) is 5.87. The molecule has 3 N–H and O–H groups in total. The van der Waals surface area contributed by atoms with Crippen LogP contribution in [0.25, 0.3) is 0 Å². The fourth-order valence-corrected chi connectivity index (χ4v) is 2.12. The summed E-state index contributed by atoms with van der Waals surface area (Å²) in [6, 6.07) is 8.90. The molecule has 0 amide bonds. The Hall–Kier alpha value is -2.91. The van der Waals surface area contributed by atoms with E-state index >= 15 is 0 Å². The van der Waals surface area contributed by atoms with Gasteiger partial charge in [-0.25, -0.2) is 4.99 Å². The Morgan fingerprint density at radius 1 is 0.963 bits per heavy atom. The van der Waals surface area contributed by atoms with Gasteiger partial charge in [-0.2, -0.15) is 26.3 Å². The Morgan fingerprint density at radius 3 is 2.11 bits per heavy atom. The summed E-state index contributed by atoms with van der Waals surface area (Å²) in [5, 5.41) is 2.75. The van der Waals surface area contributed by atoms with E-state index in [0.29, 0.717) is 5.69 Å². The van der Waals surface area contributed by atoms with E-state index in [-0.39, 0.29) is 18.3 Å². The van der Waals surface area contributed by atoms with Crippen LogP contribution in [0.5, 0.6) is 0 Å². The number of rotatable bonds is 4. The minimum atomic E-state index is -4.48. The summed E-state index contributed by atoms with van der Waals surface area (Å²) in [5.74, 6) is -0.0614. The van der Waals surface area contributed by atoms with Crippen molar-refractivity contribution in [3.05, 3.63) is 59.7 Å². The fraction of sp³-hybridized carbons (Fsp3) is 0.235. The number of halogens is 6. The van der Waals surface area contributed by atoms with Crippen molar-refractivity contribution in [1.82, 2.24) is 0 Å². The number of anilines is 2. The molecule has 2 aromatic carbocycles. The molecule has 0 heterocycles. The van der Waals surface area contributed by atoms with Crippen molar-refractivity contribution >= 4 is 17.3 Å². The van der Waals surface area contributed by atoms with E-state index < -0.39 is 23.5 Å². The second kappa shape index (κ2) is 7.77. The molecular weight excluding hydrogens is 374 g/mol. The van der Waals surface area contributed by atoms with E-state index in [0.717, 1.165) is 24.3 Å². The fourth-order valence-electron chi connectivity index (χ4n) is 2.12. The number of nitrogens with one attached hydrogen (secondary N) is 1. The van der Waals surface area contributed by atoms with Gasteiger partial charge in [0.05, 0.1) is 11.1 Å². The van der Waals surface area contributed by atoms with E-state index in [1.807, 2.05) is 0 Å². The molecule has 146 valence electrons. The molecule has 2 rings (SSSR count). The highest BCUT2D eigenvalue weighted by Gasteiger charge is 2.31. The van der Waals surface area contributed by atoms with Gasteiger partial charge in [0.25, 0.3) is 0 Å². The molecule has 0 aliphatic rings. The molecule has 0 saturated carbocycles. The molecule has 0 atom stereocenters. The van der Waals surface area contributed by atoms with E-state index in [4.69, 9.17) is 5.73 Å².